The molecule has 3 aromatic rings. The molecule has 0 aliphatic carbocycles. The van der Waals surface area contributed by atoms with Crippen LogP contribution in [0.15, 0.2) is 54.7 Å². The topological polar surface area (TPSA) is 61.6 Å². The van der Waals surface area contributed by atoms with Gasteiger partial charge in [0.1, 0.15) is 17.7 Å². The summed E-state index contributed by atoms with van der Waals surface area (Å²) >= 11 is 0. The van der Waals surface area contributed by atoms with Gasteiger partial charge in [-0.2, -0.15) is 10.4 Å². The van der Waals surface area contributed by atoms with Gasteiger partial charge in [0.15, 0.2) is 0 Å². The molecule has 0 amide bonds. The van der Waals surface area contributed by atoms with E-state index in [9.17, 15) is 9.65 Å². The highest BCUT2D eigenvalue weighted by atomic mass is 19.1. The van der Waals surface area contributed by atoms with Gasteiger partial charge in [-0.15, -0.1) is 5.10 Å². The summed E-state index contributed by atoms with van der Waals surface area (Å²) in [6.45, 7) is 2.61. The third-order valence-electron chi connectivity index (χ3n) is 3.65. The Bertz CT molecular complexity index is 901. The maximum atomic E-state index is 14.5. The zero-order chi connectivity index (χ0) is 16.9. The number of halogens is 1. The summed E-state index contributed by atoms with van der Waals surface area (Å²) in [7, 11) is 0. The number of rotatable bonds is 4. The van der Waals surface area contributed by atoms with Crippen LogP contribution in [0.4, 0.5) is 10.2 Å². The summed E-state index contributed by atoms with van der Waals surface area (Å²) in [5, 5.41) is 20.6. The van der Waals surface area contributed by atoms with Crippen molar-refractivity contribution in [2.24, 2.45) is 0 Å². The molecular formula is C19H15FN4. The summed E-state index contributed by atoms with van der Waals surface area (Å²) in [6, 6.07) is 16.3. The molecule has 0 aliphatic heterocycles. The minimum absolute atomic E-state index is 0.243. The molecule has 0 unspecified atom stereocenters. The van der Waals surface area contributed by atoms with Crippen molar-refractivity contribution in [3.63, 3.8) is 0 Å². The Kier molecular flexibility index (Phi) is 4.48. The van der Waals surface area contributed by atoms with Gasteiger partial charge in [-0.25, -0.2) is 4.39 Å². The molecule has 0 aliphatic rings. The van der Waals surface area contributed by atoms with Crippen LogP contribution in [-0.4, -0.2) is 16.7 Å². The lowest BCUT2D eigenvalue weighted by Gasteiger charge is -2.12. The average molecular weight is 318 g/mol. The molecule has 118 valence electrons. The molecule has 1 N–H and O–H groups in total. The molecule has 0 atom stereocenters. The lowest BCUT2D eigenvalue weighted by Crippen LogP contribution is -2.01. The molecule has 0 radical (unpaired) electrons. The second-order valence-corrected chi connectivity index (χ2v) is 5.18. The molecule has 0 saturated heterocycles. The van der Waals surface area contributed by atoms with E-state index in [-0.39, 0.29) is 11.1 Å². The lowest BCUT2D eigenvalue weighted by molar-refractivity contribution is 0.631. The summed E-state index contributed by atoms with van der Waals surface area (Å²) in [6.07, 6.45) is 1.47. The predicted molar refractivity (Wildman–Crippen MR) is 91.7 cm³/mol. The smallest absolute Gasteiger partial charge is 0.149 e. The normalized spacial score (nSPS) is 10.2. The first kappa shape index (κ1) is 15.6. The first-order valence-corrected chi connectivity index (χ1v) is 7.59. The monoisotopic (exact) mass is 318 g/mol. The van der Waals surface area contributed by atoms with Crippen LogP contribution in [0.25, 0.3) is 22.3 Å². The predicted octanol–water partition coefficient (Wildman–Crippen LogP) is 4.25. The van der Waals surface area contributed by atoms with Gasteiger partial charge in [0.2, 0.25) is 0 Å². The molecule has 5 heteroatoms. The molecule has 0 bridgehead atoms. The highest BCUT2D eigenvalue weighted by molar-refractivity contribution is 5.82. The second kappa shape index (κ2) is 6.88. The molecule has 1 aromatic heterocycles. The standard InChI is InChI=1S/C19H15FN4/c1-2-22-18-10-14(12-23-24-18)19-16(11-21)15(8-9-17(19)20)13-6-4-3-5-7-13/h3-10,12H,2H2,1H3,(H,22,24). The Morgan fingerprint density at radius 2 is 1.92 bits per heavy atom. The van der Waals surface area contributed by atoms with Gasteiger partial charge < -0.3 is 5.32 Å². The van der Waals surface area contributed by atoms with Crippen molar-refractivity contribution in [1.82, 2.24) is 10.2 Å². The van der Waals surface area contributed by atoms with Crippen LogP contribution in [-0.2, 0) is 0 Å². The molecule has 2 aromatic carbocycles. The average Bonchev–Trinajstić information content (AvgIpc) is 2.62. The molecule has 0 spiro atoms. The maximum Gasteiger partial charge on any atom is 0.149 e. The zero-order valence-corrected chi connectivity index (χ0v) is 13.1. The molecule has 0 saturated carbocycles. The number of nitriles is 1. The van der Waals surface area contributed by atoms with Crippen LogP contribution in [0.2, 0.25) is 0 Å². The Hall–Kier alpha value is -3.26. The van der Waals surface area contributed by atoms with Gasteiger partial charge in [-0.3, -0.25) is 0 Å². The van der Waals surface area contributed by atoms with E-state index in [0.29, 0.717) is 23.5 Å². The van der Waals surface area contributed by atoms with E-state index >= 15 is 0 Å². The Labute approximate surface area is 139 Å². The Balaban J connectivity index is 2.21. The summed E-state index contributed by atoms with van der Waals surface area (Å²) in [5.41, 5.74) is 2.61. The lowest BCUT2D eigenvalue weighted by atomic mass is 9.93. The molecule has 3 rings (SSSR count). The van der Waals surface area contributed by atoms with Crippen LogP contribution in [0.5, 0.6) is 0 Å². The minimum atomic E-state index is -0.457. The highest BCUT2D eigenvalue weighted by Crippen LogP contribution is 2.34. The van der Waals surface area contributed by atoms with E-state index in [2.05, 4.69) is 21.6 Å². The minimum Gasteiger partial charge on any atom is -0.369 e. The number of nitrogens with one attached hydrogen (secondary N) is 1. The Morgan fingerprint density at radius 1 is 1.12 bits per heavy atom. The van der Waals surface area contributed by atoms with E-state index in [4.69, 9.17) is 0 Å². The fourth-order valence-electron chi connectivity index (χ4n) is 2.60. The largest absolute Gasteiger partial charge is 0.369 e. The van der Waals surface area contributed by atoms with Crippen molar-refractivity contribution < 1.29 is 4.39 Å². The number of hydrogen-bond donors (Lipinski definition) is 1. The van der Waals surface area contributed by atoms with E-state index < -0.39 is 5.82 Å². The number of hydrogen-bond acceptors (Lipinski definition) is 4. The number of benzene rings is 2. The Morgan fingerprint density at radius 3 is 2.62 bits per heavy atom. The van der Waals surface area contributed by atoms with Gasteiger partial charge in [-0.1, -0.05) is 36.4 Å². The van der Waals surface area contributed by atoms with Gasteiger partial charge in [-0.05, 0) is 24.6 Å². The van der Waals surface area contributed by atoms with Crippen molar-refractivity contribution >= 4 is 5.82 Å². The summed E-state index contributed by atoms with van der Waals surface area (Å²) in [5.74, 6) is 0.0880. The van der Waals surface area contributed by atoms with Gasteiger partial charge >= 0.3 is 0 Å². The third-order valence-corrected chi connectivity index (χ3v) is 3.65. The van der Waals surface area contributed by atoms with Gasteiger partial charge in [0.25, 0.3) is 0 Å². The number of aromatic nitrogens is 2. The van der Waals surface area contributed by atoms with E-state index in [1.807, 2.05) is 37.3 Å². The van der Waals surface area contributed by atoms with Crippen molar-refractivity contribution in [1.29, 1.82) is 5.26 Å². The van der Waals surface area contributed by atoms with Crippen LogP contribution in [0, 0.1) is 17.1 Å². The maximum absolute atomic E-state index is 14.5. The molecule has 24 heavy (non-hydrogen) atoms. The molecule has 4 nitrogen and oxygen atoms in total. The molecular weight excluding hydrogens is 303 g/mol. The SMILES string of the molecule is CCNc1cc(-c2c(F)ccc(-c3ccccc3)c2C#N)cnn1. The summed E-state index contributed by atoms with van der Waals surface area (Å²) in [4.78, 5) is 0. The van der Waals surface area contributed by atoms with E-state index in [1.165, 1.54) is 12.3 Å². The van der Waals surface area contributed by atoms with Gasteiger partial charge in [0, 0.05) is 23.2 Å². The summed E-state index contributed by atoms with van der Waals surface area (Å²) < 4.78 is 14.5. The molecule has 0 fully saturated rings. The number of nitrogens with zero attached hydrogens (tertiary/aromatic N) is 3. The zero-order valence-electron chi connectivity index (χ0n) is 13.1. The molecule has 1 heterocycles. The second-order valence-electron chi connectivity index (χ2n) is 5.18. The first-order valence-electron chi connectivity index (χ1n) is 7.59. The van der Waals surface area contributed by atoms with Crippen LogP contribution < -0.4 is 5.32 Å². The van der Waals surface area contributed by atoms with Crippen molar-refractivity contribution in [2.75, 3.05) is 11.9 Å². The quantitative estimate of drug-likeness (QED) is 0.781. The van der Waals surface area contributed by atoms with Crippen molar-refractivity contribution in [2.45, 2.75) is 6.92 Å². The third kappa shape index (κ3) is 2.95. The van der Waals surface area contributed by atoms with E-state index in [0.717, 1.165) is 5.56 Å². The highest BCUT2D eigenvalue weighted by Gasteiger charge is 2.17. The van der Waals surface area contributed by atoms with Crippen LogP contribution >= 0.6 is 0 Å². The van der Waals surface area contributed by atoms with Crippen LogP contribution in [0.1, 0.15) is 12.5 Å². The number of anilines is 1. The fraction of sp³-hybridized carbons (Fsp3) is 0.105. The first-order chi connectivity index (χ1) is 11.7. The van der Waals surface area contributed by atoms with Crippen LogP contribution in [0.3, 0.4) is 0 Å². The fourth-order valence-corrected chi connectivity index (χ4v) is 2.60. The van der Waals surface area contributed by atoms with Crippen molar-refractivity contribution in [3.05, 3.63) is 66.1 Å². The van der Waals surface area contributed by atoms with E-state index in [1.54, 1.807) is 12.1 Å². The van der Waals surface area contributed by atoms with Crippen molar-refractivity contribution in [3.8, 4) is 28.3 Å². The van der Waals surface area contributed by atoms with Gasteiger partial charge in [0.05, 0.1) is 11.8 Å².